The molecule has 0 aliphatic heterocycles. The van der Waals surface area contributed by atoms with Gasteiger partial charge in [-0.25, -0.2) is 4.39 Å². The Kier molecular flexibility index (Phi) is 4.27. The molecule has 2 rings (SSSR count). The molecule has 5 nitrogen and oxygen atoms in total. The number of aldehydes is 1. The van der Waals surface area contributed by atoms with Crippen molar-refractivity contribution in [3.05, 3.63) is 69.0 Å². The largest absolute Gasteiger partial charge is 0.489 e. The Morgan fingerprint density at radius 1 is 1.33 bits per heavy atom. The lowest BCUT2D eigenvalue weighted by Gasteiger charge is -2.09. The number of rotatable bonds is 5. The van der Waals surface area contributed by atoms with Crippen molar-refractivity contribution in [2.75, 3.05) is 0 Å². The highest BCUT2D eigenvalue weighted by Crippen LogP contribution is 2.23. The maximum absolute atomic E-state index is 13.3. The van der Waals surface area contributed by atoms with E-state index in [1.807, 2.05) is 0 Å². The van der Waals surface area contributed by atoms with E-state index in [2.05, 4.69) is 0 Å². The molecule has 0 spiro atoms. The summed E-state index contributed by atoms with van der Waals surface area (Å²) < 4.78 is 18.7. The van der Waals surface area contributed by atoms with Gasteiger partial charge in [0.2, 0.25) is 0 Å². The van der Waals surface area contributed by atoms with Crippen molar-refractivity contribution in [2.24, 2.45) is 0 Å². The summed E-state index contributed by atoms with van der Waals surface area (Å²) in [5.41, 5.74) is 1.29. The molecule has 0 amide bonds. The lowest BCUT2D eigenvalue weighted by molar-refractivity contribution is -0.385. The van der Waals surface area contributed by atoms with Crippen LogP contribution in [0.15, 0.2) is 36.4 Å². The minimum atomic E-state index is -0.578. The van der Waals surface area contributed by atoms with Gasteiger partial charge in [-0.15, -0.1) is 0 Å². The second kappa shape index (κ2) is 6.13. The second-order valence-corrected chi connectivity index (χ2v) is 4.45. The summed E-state index contributed by atoms with van der Waals surface area (Å²) >= 11 is 0. The van der Waals surface area contributed by atoms with Crippen molar-refractivity contribution in [1.29, 1.82) is 0 Å². The van der Waals surface area contributed by atoms with Gasteiger partial charge < -0.3 is 4.74 Å². The molecule has 0 fully saturated rings. The molecule has 0 aromatic heterocycles. The summed E-state index contributed by atoms with van der Waals surface area (Å²) in [7, 11) is 0. The highest BCUT2D eigenvalue weighted by Gasteiger charge is 2.13. The fourth-order valence-corrected chi connectivity index (χ4v) is 1.92. The van der Waals surface area contributed by atoms with E-state index in [1.165, 1.54) is 12.1 Å². The minimum absolute atomic E-state index is 0.00363. The average Bonchev–Trinajstić information content (AvgIpc) is 2.45. The maximum atomic E-state index is 13.3. The number of carbonyl (C=O) groups is 1. The van der Waals surface area contributed by atoms with E-state index in [1.54, 1.807) is 19.1 Å². The lowest BCUT2D eigenvalue weighted by Crippen LogP contribution is -2.01. The van der Waals surface area contributed by atoms with Gasteiger partial charge in [-0.1, -0.05) is 12.1 Å². The molecule has 0 atom stereocenters. The maximum Gasteiger partial charge on any atom is 0.272 e. The molecule has 0 unspecified atom stereocenters. The Balaban J connectivity index is 2.20. The summed E-state index contributed by atoms with van der Waals surface area (Å²) in [6, 6.07) is 8.32. The Morgan fingerprint density at radius 2 is 2.10 bits per heavy atom. The number of ether oxygens (including phenoxy) is 1. The van der Waals surface area contributed by atoms with Crippen LogP contribution in [0, 0.1) is 22.9 Å². The van der Waals surface area contributed by atoms with Crippen molar-refractivity contribution < 1.29 is 18.8 Å². The van der Waals surface area contributed by atoms with Crippen molar-refractivity contribution in [2.45, 2.75) is 13.5 Å². The predicted molar refractivity (Wildman–Crippen MR) is 74.0 cm³/mol. The molecular formula is C15H12FNO4. The topological polar surface area (TPSA) is 69.4 Å². The van der Waals surface area contributed by atoms with E-state index in [0.717, 1.165) is 12.1 Å². The highest BCUT2D eigenvalue weighted by atomic mass is 19.1. The van der Waals surface area contributed by atoms with Crippen LogP contribution in [-0.4, -0.2) is 11.2 Å². The molecule has 0 aliphatic rings. The van der Waals surface area contributed by atoms with Crippen LogP contribution in [0.2, 0.25) is 0 Å². The average molecular weight is 289 g/mol. The molecule has 0 aliphatic carbocycles. The van der Waals surface area contributed by atoms with Crippen LogP contribution in [0.3, 0.4) is 0 Å². The first-order chi connectivity index (χ1) is 10.0. The number of halogens is 1. The van der Waals surface area contributed by atoms with Gasteiger partial charge in [-0.3, -0.25) is 14.9 Å². The lowest BCUT2D eigenvalue weighted by atomic mass is 10.1. The van der Waals surface area contributed by atoms with Gasteiger partial charge in [0.15, 0.2) is 0 Å². The minimum Gasteiger partial charge on any atom is -0.489 e. The zero-order valence-electron chi connectivity index (χ0n) is 11.2. The Labute approximate surface area is 120 Å². The van der Waals surface area contributed by atoms with Crippen LogP contribution in [0.5, 0.6) is 5.75 Å². The third kappa shape index (κ3) is 3.42. The van der Waals surface area contributed by atoms with Crippen LogP contribution >= 0.6 is 0 Å². The highest BCUT2D eigenvalue weighted by molar-refractivity contribution is 5.75. The molecule has 108 valence electrons. The predicted octanol–water partition coefficient (Wildman–Crippen LogP) is 3.43. The van der Waals surface area contributed by atoms with E-state index in [4.69, 9.17) is 4.74 Å². The number of nitrogens with zero attached hydrogens (tertiary/aromatic N) is 1. The molecule has 0 radical (unpaired) electrons. The SMILES string of the molecule is Cc1c(COc2cc(F)cc(C=O)c2)cccc1[N+](=O)[O-]. The Bertz CT molecular complexity index is 700. The summed E-state index contributed by atoms with van der Waals surface area (Å²) in [6.45, 7) is 1.68. The summed E-state index contributed by atoms with van der Waals surface area (Å²) in [4.78, 5) is 21.0. The van der Waals surface area contributed by atoms with E-state index >= 15 is 0 Å². The zero-order valence-corrected chi connectivity index (χ0v) is 11.2. The fraction of sp³-hybridized carbons (Fsp3) is 0.133. The van der Waals surface area contributed by atoms with Crippen LogP contribution in [0.1, 0.15) is 21.5 Å². The fourth-order valence-electron chi connectivity index (χ4n) is 1.92. The number of nitro groups is 1. The molecule has 0 N–H and O–H groups in total. The van der Waals surface area contributed by atoms with Gasteiger partial charge in [0.1, 0.15) is 24.5 Å². The van der Waals surface area contributed by atoms with Gasteiger partial charge in [-0.2, -0.15) is 0 Å². The van der Waals surface area contributed by atoms with Gasteiger partial charge in [0.25, 0.3) is 5.69 Å². The van der Waals surface area contributed by atoms with Crippen molar-refractivity contribution >= 4 is 12.0 Å². The van der Waals surface area contributed by atoms with Crippen molar-refractivity contribution in [1.82, 2.24) is 0 Å². The summed E-state index contributed by atoms with van der Waals surface area (Å²) in [5.74, 6) is -0.381. The van der Waals surface area contributed by atoms with E-state index in [9.17, 15) is 19.3 Å². The van der Waals surface area contributed by atoms with Crippen molar-refractivity contribution in [3.8, 4) is 5.75 Å². The Morgan fingerprint density at radius 3 is 2.76 bits per heavy atom. The van der Waals surface area contributed by atoms with E-state index in [0.29, 0.717) is 17.4 Å². The van der Waals surface area contributed by atoms with E-state index in [-0.39, 0.29) is 23.6 Å². The first-order valence-electron chi connectivity index (χ1n) is 6.12. The van der Waals surface area contributed by atoms with Crippen LogP contribution < -0.4 is 4.74 Å². The van der Waals surface area contributed by atoms with Crippen molar-refractivity contribution in [3.63, 3.8) is 0 Å². The normalized spacial score (nSPS) is 10.2. The first kappa shape index (κ1) is 14.6. The summed E-state index contributed by atoms with van der Waals surface area (Å²) in [5, 5.41) is 10.9. The molecule has 0 heterocycles. The van der Waals surface area contributed by atoms with Gasteiger partial charge >= 0.3 is 0 Å². The first-order valence-corrected chi connectivity index (χ1v) is 6.12. The number of hydrogen-bond donors (Lipinski definition) is 0. The number of carbonyl (C=O) groups excluding carboxylic acids is 1. The molecule has 21 heavy (non-hydrogen) atoms. The molecule has 0 saturated heterocycles. The smallest absolute Gasteiger partial charge is 0.272 e. The number of hydrogen-bond acceptors (Lipinski definition) is 4. The molecule has 0 bridgehead atoms. The number of benzene rings is 2. The standard InChI is InChI=1S/C15H12FNO4/c1-10-12(3-2-4-15(10)17(19)20)9-21-14-6-11(8-18)5-13(16)7-14/h2-8H,9H2,1H3. The van der Waals surface area contributed by atoms with Crippen LogP contribution in [0.25, 0.3) is 0 Å². The molecular weight excluding hydrogens is 277 g/mol. The Hall–Kier alpha value is -2.76. The molecule has 2 aromatic rings. The van der Waals surface area contributed by atoms with Gasteiger partial charge in [-0.05, 0) is 24.6 Å². The monoisotopic (exact) mass is 289 g/mol. The van der Waals surface area contributed by atoms with Crippen LogP contribution in [0.4, 0.5) is 10.1 Å². The third-order valence-corrected chi connectivity index (χ3v) is 3.04. The summed E-state index contributed by atoms with van der Waals surface area (Å²) in [6.07, 6.45) is 0.522. The quantitative estimate of drug-likeness (QED) is 0.480. The third-order valence-electron chi connectivity index (χ3n) is 3.04. The van der Waals surface area contributed by atoms with Gasteiger partial charge in [0, 0.05) is 23.3 Å². The van der Waals surface area contributed by atoms with E-state index < -0.39 is 10.7 Å². The number of nitro benzene ring substituents is 1. The van der Waals surface area contributed by atoms with Gasteiger partial charge in [0.05, 0.1) is 4.92 Å². The molecule has 2 aromatic carbocycles. The zero-order chi connectivity index (χ0) is 15.4. The molecule has 6 heteroatoms. The molecule has 0 saturated carbocycles. The second-order valence-electron chi connectivity index (χ2n) is 4.45. The van der Waals surface area contributed by atoms with Crippen LogP contribution in [-0.2, 0) is 6.61 Å².